The predicted molar refractivity (Wildman–Crippen MR) is 99.5 cm³/mol. The van der Waals surface area contributed by atoms with Gasteiger partial charge in [0.15, 0.2) is 0 Å². The van der Waals surface area contributed by atoms with Gasteiger partial charge in [0, 0.05) is 39.0 Å². The number of rotatable bonds is 6. The Morgan fingerprint density at radius 2 is 2.08 bits per heavy atom. The molecular weight excluding hydrogens is 314 g/mol. The van der Waals surface area contributed by atoms with E-state index < -0.39 is 0 Å². The molecule has 1 aliphatic carbocycles. The highest BCUT2D eigenvalue weighted by Gasteiger charge is 2.22. The molecule has 2 N–H and O–H groups in total. The largest absolute Gasteiger partial charge is 0.373 e. The van der Waals surface area contributed by atoms with Crippen LogP contribution in [0.5, 0.6) is 0 Å². The third-order valence-corrected chi connectivity index (χ3v) is 5.48. The van der Waals surface area contributed by atoms with Crippen molar-refractivity contribution in [3.8, 4) is 0 Å². The lowest BCUT2D eigenvalue weighted by Gasteiger charge is -2.23. The Balaban J connectivity index is 1.66. The SMILES string of the molecule is CNc1cc(CN(C)C(=O)CC2CCCC2)nc([C@@H]2CCCNC2)n1. The van der Waals surface area contributed by atoms with Gasteiger partial charge < -0.3 is 15.5 Å². The maximum absolute atomic E-state index is 12.5. The van der Waals surface area contributed by atoms with Crippen molar-refractivity contribution >= 4 is 11.7 Å². The summed E-state index contributed by atoms with van der Waals surface area (Å²) in [4.78, 5) is 23.7. The molecule has 1 atom stereocenters. The van der Waals surface area contributed by atoms with Gasteiger partial charge in [0.2, 0.25) is 5.91 Å². The van der Waals surface area contributed by atoms with E-state index in [9.17, 15) is 4.79 Å². The number of nitrogens with one attached hydrogen (secondary N) is 2. The average Bonchev–Trinajstić information content (AvgIpc) is 3.15. The van der Waals surface area contributed by atoms with E-state index in [1.165, 1.54) is 25.7 Å². The molecule has 138 valence electrons. The van der Waals surface area contributed by atoms with Crippen LogP contribution in [0.25, 0.3) is 0 Å². The summed E-state index contributed by atoms with van der Waals surface area (Å²) in [5, 5.41) is 6.56. The summed E-state index contributed by atoms with van der Waals surface area (Å²) in [6, 6.07) is 1.96. The third-order valence-electron chi connectivity index (χ3n) is 5.48. The molecule has 0 spiro atoms. The quantitative estimate of drug-likeness (QED) is 0.829. The number of amides is 1. The predicted octanol–water partition coefficient (Wildman–Crippen LogP) is 2.52. The molecule has 1 amide bonds. The summed E-state index contributed by atoms with van der Waals surface area (Å²) in [5.41, 5.74) is 0.919. The molecule has 2 aliphatic rings. The van der Waals surface area contributed by atoms with Gasteiger partial charge in [0.1, 0.15) is 11.6 Å². The number of piperidine rings is 1. The van der Waals surface area contributed by atoms with Crippen LogP contribution < -0.4 is 10.6 Å². The fraction of sp³-hybridized carbons (Fsp3) is 0.737. The van der Waals surface area contributed by atoms with E-state index in [2.05, 4.69) is 15.6 Å². The van der Waals surface area contributed by atoms with Crippen LogP contribution in [-0.4, -0.2) is 48.0 Å². The van der Waals surface area contributed by atoms with E-state index in [1.54, 1.807) is 0 Å². The van der Waals surface area contributed by atoms with Crippen LogP contribution in [0.3, 0.4) is 0 Å². The molecule has 1 aliphatic heterocycles. The summed E-state index contributed by atoms with van der Waals surface area (Å²) in [6.07, 6.45) is 7.92. The lowest BCUT2D eigenvalue weighted by atomic mass is 9.99. The van der Waals surface area contributed by atoms with Crippen molar-refractivity contribution in [2.45, 2.75) is 57.4 Å². The van der Waals surface area contributed by atoms with E-state index in [-0.39, 0.29) is 5.91 Å². The lowest BCUT2D eigenvalue weighted by molar-refractivity contribution is -0.131. The zero-order valence-corrected chi connectivity index (χ0v) is 15.6. The second-order valence-electron chi connectivity index (χ2n) is 7.50. The Bertz CT molecular complexity index is 579. The number of nitrogens with zero attached hydrogens (tertiary/aromatic N) is 3. The minimum Gasteiger partial charge on any atom is -0.373 e. The minimum atomic E-state index is 0.234. The zero-order chi connectivity index (χ0) is 17.6. The second kappa shape index (κ2) is 8.61. The Hall–Kier alpha value is -1.69. The fourth-order valence-electron chi connectivity index (χ4n) is 3.93. The van der Waals surface area contributed by atoms with E-state index in [4.69, 9.17) is 4.98 Å². The Morgan fingerprint density at radius 3 is 2.76 bits per heavy atom. The molecule has 25 heavy (non-hydrogen) atoms. The van der Waals surface area contributed by atoms with E-state index in [0.717, 1.165) is 43.3 Å². The van der Waals surface area contributed by atoms with E-state index in [0.29, 0.717) is 24.8 Å². The van der Waals surface area contributed by atoms with Crippen molar-refractivity contribution in [3.05, 3.63) is 17.6 Å². The summed E-state index contributed by atoms with van der Waals surface area (Å²) in [5.74, 6) is 2.91. The molecule has 0 radical (unpaired) electrons. The van der Waals surface area contributed by atoms with Crippen LogP contribution in [0.1, 0.15) is 62.4 Å². The van der Waals surface area contributed by atoms with Gasteiger partial charge in [-0.2, -0.15) is 0 Å². The van der Waals surface area contributed by atoms with Gasteiger partial charge in [-0.1, -0.05) is 12.8 Å². The molecule has 6 nitrogen and oxygen atoms in total. The van der Waals surface area contributed by atoms with Crippen molar-refractivity contribution in [1.82, 2.24) is 20.2 Å². The highest BCUT2D eigenvalue weighted by Crippen LogP contribution is 2.28. The Labute approximate surface area is 150 Å². The van der Waals surface area contributed by atoms with E-state index in [1.807, 2.05) is 25.1 Å². The van der Waals surface area contributed by atoms with Gasteiger partial charge in [-0.3, -0.25) is 4.79 Å². The molecule has 0 aromatic carbocycles. The molecule has 0 bridgehead atoms. The van der Waals surface area contributed by atoms with Crippen LogP contribution in [0.4, 0.5) is 5.82 Å². The lowest BCUT2D eigenvalue weighted by Crippen LogP contribution is -2.31. The van der Waals surface area contributed by atoms with E-state index >= 15 is 0 Å². The monoisotopic (exact) mass is 345 g/mol. The van der Waals surface area contributed by atoms with Crippen LogP contribution in [0, 0.1) is 5.92 Å². The standard InChI is InChI=1S/C19H31N5O/c1-20-17-11-16(22-19(23-17)15-8-5-9-21-12-15)13-24(2)18(25)10-14-6-3-4-7-14/h11,14-15,21H,3-10,12-13H2,1-2H3,(H,20,22,23)/t15-/m1/s1. The first-order valence-electron chi connectivity index (χ1n) is 9.66. The molecule has 2 fully saturated rings. The van der Waals surface area contributed by atoms with Gasteiger partial charge in [-0.25, -0.2) is 9.97 Å². The molecule has 1 saturated carbocycles. The molecule has 1 saturated heterocycles. The van der Waals surface area contributed by atoms with Gasteiger partial charge in [-0.05, 0) is 38.1 Å². The molecular formula is C19H31N5O. The first kappa shape index (κ1) is 18.1. The van der Waals surface area contributed by atoms with Crippen molar-refractivity contribution in [1.29, 1.82) is 0 Å². The van der Waals surface area contributed by atoms with Gasteiger partial charge in [0.25, 0.3) is 0 Å². The van der Waals surface area contributed by atoms with Crippen LogP contribution in [-0.2, 0) is 11.3 Å². The highest BCUT2D eigenvalue weighted by atomic mass is 16.2. The number of anilines is 1. The van der Waals surface area contributed by atoms with Crippen molar-refractivity contribution in [2.24, 2.45) is 5.92 Å². The van der Waals surface area contributed by atoms with Gasteiger partial charge in [-0.15, -0.1) is 0 Å². The van der Waals surface area contributed by atoms with Crippen LogP contribution in [0.2, 0.25) is 0 Å². The first-order chi connectivity index (χ1) is 12.2. The normalized spacial score (nSPS) is 21.3. The van der Waals surface area contributed by atoms with Gasteiger partial charge in [0.05, 0.1) is 12.2 Å². The smallest absolute Gasteiger partial charge is 0.222 e. The number of hydrogen-bond acceptors (Lipinski definition) is 5. The molecule has 6 heteroatoms. The third kappa shape index (κ3) is 4.91. The number of carbonyl (C=O) groups is 1. The minimum absolute atomic E-state index is 0.234. The molecule has 2 heterocycles. The zero-order valence-electron chi connectivity index (χ0n) is 15.6. The summed E-state index contributed by atoms with van der Waals surface area (Å²) >= 11 is 0. The molecule has 1 aromatic heterocycles. The van der Waals surface area contributed by atoms with Gasteiger partial charge >= 0.3 is 0 Å². The molecule has 3 rings (SSSR count). The topological polar surface area (TPSA) is 70.2 Å². The Morgan fingerprint density at radius 1 is 1.28 bits per heavy atom. The van der Waals surface area contributed by atoms with Crippen molar-refractivity contribution in [2.75, 3.05) is 32.5 Å². The summed E-state index contributed by atoms with van der Waals surface area (Å²) in [7, 11) is 3.77. The maximum atomic E-state index is 12.5. The summed E-state index contributed by atoms with van der Waals surface area (Å²) in [6.45, 7) is 2.56. The average molecular weight is 345 g/mol. The molecule has 1 aromatic rings. The van der Waals surface area contributed by atoms with Crippen molar-refractivity contribution in [3.63, 3.8) is 0 Å². The van der Waals surface area contributed by atoms with Crippen molar-refractivity contribution < 1.29 is 4.79 Å². The maximum Gasteiger partial charge on any atom is 0.222 e. The van der Waals surface area contributed by atoms with Crippen LogP contribution >= 0.6 is 0 Å². The second-order valence-corrected chi connectivity index (χ2v) is 7.50. The molecule has 0 unspecified atom stereocenters. The first-order valence-corrected chi connectivity index (χ1v) is 9.66. The number of aromatic nitrogens is 2. The number of hydrogen-bond donors (Lipinski definition) is 2. The fourth-order valence-corrected chi connectivity index (χ4v) is 3.93. The Kier molecular flexibility index (Phi) is 6.24. The number of carbonyl (C=O) groups excluding carboxylic acids is 1. The highest BCUT2D eigenvalue weighted by molar-refractivity contribution is 5.76. The van der Waals surface area contributed by atoms with Crippen LogP contribution in [0.15, 0.2) is 6.07 Å². The summed E-state index contributed by atoms with van der Waals surface area (Å²) < 4.78 is 0.